The van der Waals surface area contributed by atoms with Crippen LogP contribution in [0.1, 0.15) is 5.69 Å². The van der Waals surface area contributed by atoms with Gasteiger partial charge in [-0.25, -0.2) is 0 Å². The van der Waals surface area contributed by atoms with E-state index in [2.05, 4.69) is 20.4 Å². The first-order valence-corrected chi connectivity index (χ1v) is 8.03. The van der Waals surface area contributed by atoms with Gasteiger partial charge in [0.15, 0.2) is 0 Å². The largest absolute Gasteiger partial charge is 0.573 e. The Labute approximate surface area is 147 Å². The van der Waals surface area contributed by atoms with Crippen LogP contribution in [0.15, 0.2) is 54.7 Å². The van der Waals surface area contributed by atoms with Crippen molar-refractivity contribution in [3.8, 4) is 16.9 Å². The zero-order chi connectivity index (χ0) is 18.5. The van der Waals surface area contributed by atoms with E-state index in [1.807, 2.05) is 32.2 Å². The average Bonchev–Trinajstić information content (AvgIpc) is 2.88. The second-order valence-corrected chi connectivity index (χ2v) is 6.16. The molecule has 0 aliphatic carbocycles. The second kappa shape index (κ2) is 5.76. The van der Waals surface area contributed by atoms with Gasteiger partial charge in [-0.3, -0.25) is 4.98 Å². The molecule has 0 saturated heterocycles. The van der Waals surface area contributed by atoms with E-state index in [1.54, 1.807) is 18.3 Å². The molecule has 0 aliphatic heterocycles. The summed E-state index contributed by atoms with van der Waals surface area (Å²) in [7, 11) is 2.00. The molecule has 0 unspecified atom stereocenters. The smallest absolute Gasteiger partial charge is 0.406 e. The standard InChI is InChI=1S/C20H15F3N2O/c1-12-19-16(9-10-24-12)17-11-14(5-8-18(17)25(19)2)13-3-6-15(7-4-13)26-20(21,22)23/h3-11H,1-2H3. The minimum atomic E-state index is -4.69. The molecular formula is C20H15F3N2O. The molecule has 0 bridgehead atoms. The maximum Gasteiger partial charge on any atom is 0.573 e. The summed E-state index contributed by atoms with van der Waals surface area (Å²) in [6.45, 7) is 1.97. The van der Waals surface area contributed by atoms with E-state index in [-0.39, 0.29) is 5.75 Å². The van der Waals surface area contributed by atoms with E-state index in [9.17, 15) is 13.2 Å². The zero-order valence-corrected chi connectivity index (χ0v) is 14.1. The number of alkyl halides is 3. The number of halogens is 3. The Kier molecular flexibility index (Phi) is 3.64. The molecule has 2 aromatic heterocycles. The van der Waals surface area contributed by atoms with Gasteiger partial charge in [0, 0.05) is 29.5 Å². The van der Waals surface area contributed by atoms with Crippen molar-refractivity contribution in [1.29, 1.82) is 0 Å². The lowest BCUT2D eigenvalue weighted by Gasteiger charge is -2.09. The van der Waals surface area contributed by atoms with Gasteiger partial charge in [-0.1, -0.05) is 18.2 Å². The van der Waals surface area contributed by atoms with Gasteiger partial charge in [-0.05, 0) is 48.4 Å². The number of aromatic nitrogens is 2. The van der Waals surface area contributed by atoms with Crippen molar-refractivity contribution >= 4 is 21.8 Å². The van der Waals surface area contributed by atoms with Crippen LogP contribution in [0.25, 0.3) is 32.9 Å². The SMILES string of the molecule is Cc1nccc2c3cc(-c4ccc(OC(F)(F)F)cc4)ccc3n(C)c12. The monoisotopic (exact) mass is 356 g/mol. The van der Waals surface area contributed by atoms with E-state index in [1.165, 1.54) is 12.1 Å². The molecule has 0 aliphatic rings. The van der Waals surface area contributed by atoms with E-state index in [4.69, 9.17) is 0 Å². The molecule has 4 rings (SSSR count). The Balaban J connectivity index is 1.80. The minimum Gasteiger partial charge on any atom is -0.406 e. The number of hydrogen-bond acceptors (Lipinski definition) is 2. The zero-order valence-electron chi connectivity index (χ0n) is 14.1. The number of benzene rings is 2. The van der Waals surface area contributed by atoms with Crippen LogP contribution in [0.3, 0.4) is 0 Å². The van der Waals surface area contributed by atoms with Crippen LogP contribution in [-0.2, 0) is 7.05 Å². The molecule has 2 aromatic carbocycles. The molecule has 0 amide bonds. The lowest BCUT2D eigenvalue weighted by molar-refractivity contribution is -0.274. The molecule has 3 nitrogen and oxygen atoms in total. The highest BCUT2D eigenvalue weighted by atomic mass is 19.4. The van der Waals surface area contributed by atoms with Gasteiger partial charge in [0.05, 0.1) is 11.2 Å². The highest BCUT2D eigenvalue weighted by Gasteiger charge is 2.30. The third-order valence-corrected chi connectivity index (χ3v) is 4.51. The molecule has 0 saturated carbocycles. The summed E-state index contributed by atoms with van der Waals surface area (Å²) in [4.78, 5) is 4.36. The maximum absolute atomic E-state index is 12.3. The van der Waals surface area contributed by atoms with Gasteiger partial charge in [-0.15, -0.1) is 13.2 Å². The van der Waals surface area contributed by atoms with Crippen molar-refractivity contribution in [1.82, 2.24) is 9.55 Å². The molecule has 0 fully saturated rings. The first-order chi connectivity index (χ1) is 12.3. The van der Waals surface area contributed by atoms with Gasteiger partial charge in [0.2, 0.25) is 0 Å². The van der Waals surface area contributed by atoms with Crippen molar-refractivity contribution in [2.75, 3.05) is 0 Å². The molecule has 0 spiro atoms. The molecule has 2 heterocycles. The summed E-state index contributed by atoms with van der Waals surface area (Å²) in [5.74, 6) is -0.228. The molecule has 6 heteroatoms. The summed E-state index contributed by atoms with van der Waals surface area (Å²) >= 11 is 0. The lowest BCUT2D eigenvalue weighted by atomic mass is 10.0. The van der Waals surface area contributed by atoms with E-state index in [0.717, 1.165) is 38.6 Å². The number of pyridine rings is 1. The van der Waals surface area contributed by atoms with E-state index in [0.29, 0.717) is 0 Å². The molecule has 0 N–H and O–H groups in total. The number of hydrogen-bond donors (Lipinski definition) is 0. The average molecular weight is 356 g/mol. The second-order valence-electron chi connectivity index (χ2n) is 6.16. The van der Waals surface area contributed by atoms with Crippen molar-refractivity contribution < 1.29 is 17.9 Å². The third kappa shape index (κ3) is 2.77. The molecule has 0 atom stereocenters. The van der Waals surface area contributed by atoms with Crippen LogP contribution < -0.4 is 4.74 Å². The Hall–Kier alpha value is -3.02. The number of rotatable bonds is 2. The Morgan fingerprint density at radius 1 is 0.923 bits per heavy atom. The normalized spacial score (nSPS) is 12.0. The minimum absolute atomic E-state index is 0.228. The van der Waals surface area contributed by atoms with Crippen LogP contribution in [-0.4, -0.2) is 15.9 Å². The van der Waals surface area contributed by atoms with Crippen LogP contribution in [0.5, 0.6) is 5.75 Å². The van der Waals surface area contributed by atoms with Gasteiger partial charge in [0.25, 0.3) is 0 Å². The Morgan fingerprint density at radius 3 is 2.31 bits per heavy atom. The molecular weight excluding hydrogens is 341 g/mol. The summed E-state index contributed by atoms with van der Waals surface area (Å²) < 4.78 is 42.9. The summed E-state index contributed by atoms with van der Waals surface area (Å²) in [6, 6.07) is 13.9. The highest BCUT2D eigenvalue weighted by molar-refractivity contribution is 6.09. The predicted molar refractivity (Wildman–Crippen MR) is 95.1 cm³/mol. The summed E-state index contributed by atoms with van der Waals surface area (Å²) in [6.07, 6.45) is -2.90. The lowest BCUT2D eigenvalue weighted by Crippen LogP contribution is -2.16. The van der Waals surface area contributed by atoms with Gasteiger partial charge in [0.1, 0.15) is 5.75 Å². The fourth-order valence-electron chi connectivity index (χ4n) is 3.39. The van der Waals surface area contributed by atoms with Crippen LogP contribution in [0.2, 0.25) is 0 Å². The Morgan fingerprint density at radius 2 is 1.62 bits per heavy atom. The predicted octanol–water partition coefficient (Wildman–Crippen LogP) is 5.60. The number of aryl methyl sites for hydroxylation is 2. The number of ether oxygens (including phenoxy) is 1. The molecule has 132 valence electrons. The van der Waals surface area contributed by atoms with Gasteiger partial charge < -0.3 is 9.30 Å². The quantitative estimate of drug-likeness (QED) is 0.467. The van der Waals surface area contributed by atoms with E-state index >= 15 is 0 Å². The van der Waals surface area contributed by atoms with Gasteiger partial charge in [-0.2, -0.15) is 0 Å². The van der Waals surface area contributed by atoms with Crippen molar-refractivity contribution in [2.24, 2.45) is 7.05 Å². The number of nitrogens with zero attached hydrogens (tertiary/aromatic N) is 2. The van der Waals surface area contributed by atoms with Crippen molar-refractivity contribution in [2.45, 2.75) is 13.3 Å². The highest BCUT2D eigenvalue weighted by Crippen LogP contribution is 2.33. The molecule has 0 radical (unpaired) electrons. The molecule has 26 heavy (non-hydrogen) atoms. The first-order valence-electron chi connectivity index (χ1n) is 8.03. The summed E-state index contributed by atoms with van der Waals surface area (Å²) in [5, 5.41) is 2.19. The fraction of sp³-hybridized carbons (Fsp3) is 0.150. The third-order valence-electron chi connectivity index (χ3n) is 4.51. The molecule has 4 aromatic rings. The topological polar surface area (TPSA) is 27.1 Å². The number of fused-ring (bicyclic) bond motifs is 3. The van der Waals surface area contributed by atoms with Crippen LogP contribution >= 0.6 is 0 Å². The fourth-order valence-corrected chi connectivity index (χ4v) is 3.39. The van der Waals surface area contributed by atoms with E-state index < -0.39 is 6.36 Å². The van der Waals surface area contributed by atoms with Crippen molar-refractivity contribution in [3.05, 3.63) is 60.4 Å². The van der Waals surface area contributed by atoms with Crippen molar-refractivity contribution in [3.63, 3.8) is 0 Å². The first kappa shape index (κ1) is 16.4. The van der Waals surface area contributed by atoms with Gasteiger partial charge >= 0.3 is 6.36 Å². The van der Waals surface area contributed by atoms with Crippen LogP contribution in [0, 0.1) is 6.92 Å². The maximum atomic E-state index is 12.3. The summed E-state index contributed by atoms with van der Waals surface area (Å²) in [5.41, 5.74) is 4.86. The van der Waals surface area contributed by atoms with Crippen LogP contribution in [0.4, 0.5) is 13.2 Å². The Bertz CT molecular complexity index is 1110.